The molecule has 2 N–H and O–H groups in total. The Bertz CT molecular complexity index is 545. The van der Waals surface area contributed by atoms with E-state index in [1.807, 2.05) is 41.1 Å². The van der Waals surface area contributed by atoms with E-state index in [2.05, 4.69) is 47.1 Å². The minimum absolute atomic E-state index is 0. The summed E-state index contributed by atoms with van der Waals surface area (Å²) in [5, 5.41) is 6.16. The molecule has 0 spiro atoms. The highest BCUT2D eigenvalue weighted by Gasteiger charge is 2.10. The highest BCUT2D eigenvalue weighted by atomic mass is 127. The summed E-state index contributed by atoms with van der Waals surface area (Å²) in [5.41, 5.74) is 1.19. The third-order valence-electron chi connectivity index (χ3n) is 3.37. The maximum atomic E-state index is 11.5. The molecule has 138 valence electrons. The minimum atomic E-state index is 0. The van der Waals surface area contributed by atoms with Crippen molar-refractivity contribution >= 4 is 51.8 Å². The van der Waals surface area contributed by atoms with E-state index in [1.165, 1.54) is 5.69 Å². The largest absolute Gasteiger partial charge is 0.357 e. The number of nitrogens with zero attached hydrogens (tertiary/aromatic N) is 3. The van der Waals surface area contributed by atoms with E-state index in [0.29, 0.717) is 13.1 Å². The zero-order valence-electron chi connectivity index (χ0n) is 15.1. The average Bonchev–Trinajstić information content (AvgIpc) is 2.79. The van der Waals surface area contributed by atoms with E-state index in [-0.39, 0.29) is 35.8 Å². The van der Waals surface area contributed by atoms with Gasteiger partial charge < -0.3 is 20.1 Å². The van der Waals surface area contributed by atoms with Crippen LogP contribution in [0.25, 0.3) is 0 Å². The lowest BCUT2D eigenvalue weighted by molar-refractivity contribution is -0.123. The minimum Gasteiger partial charge on any atom is -0.357 e. The van der Waals surface area contributed by atoms with Crippen LogP contribution in [-0.4, -0.2) is 48.0 Å². The molecule has 8 heteroatoms. The molecular weight excluding hydrogens is 485 g/mol. The van der Waals surface area contributed by atoms with E-state index in [4.69, 9.17) is 0 Å². The Kier molecular flexibility index (Phi) is 11.4. The molecule has 1 aromatic heterocycles. The predicted octanol–water partition coefficient (Wildman–Crippen LogP) is 2.58. The Labute approximate surface area is 170 Å². The van der Waals surface area contributed by atoms with E-state index < -0.39 is 0 Å². The molecule has 0 bridgehead atoms. The summed E-state index contributed by atoms with van der Waals surface area (Å²) in [4.78, 5) is 18.2. The summed E-state index contributed by atoms with van der Waals surface area (Å²) < 4.78 is 3.16. The second-order valence-corrected chi connectivity index (χ2v) is 6.71. The van der Waals surface area contributed by atoms with Crippen LogP contribution in [0.3, 0.4) is 0 Å². The van der Waals surface area contributed by atoms with E-state index in [1.54, 1.807) is 0 Å². The first-order valence-corrected chi connectivity index (χ1v) is 8.72. The number of aromatic nitrogens is 1. The van der Waals surface area contributed by atoms with Crippen LogP contribution < -0.4 is 10.6 Å². The third kappa shape index (κ3) is 7.87. The van der Waals surface area contributed by atoms with Gasteiger partial charge in [0.1, 0.15) is 0 Å². The van der Waals surface area contributed by atoms with Gasteiger partial charge in [-0.3, -0.25) is 9.79 Å². The number of carbonyl (C=O) groups is 1. The summed E-state index contributed by atoms with van der Waals surface area (Å²) >= 11 is 3.49. The molecule has 0 radical (unpaired) electrons. The van der Waals surface area contributed by atoms with Gasteiger partial charge in [-0.15, -0.1) is 24.0 Å². The maximum Gasteiger partial charge on any atom is 0.222 e. The van der Waals surface area contributed by atoms with Crippen LogP contribution in [-0.2, 0) is 18.4 Å². The number of halogens is 2. The molecule has 0 aliphatic rings. The monoisotopic (exact) mass is 513 g/mol. The van der Waals surface area contributed by atoms with Gasteiger partial charge in [-0.05, 0) is 28.9 Å². The number of guanidine groups is 1. The van der Waals surface area contributed by atoms with Crippen molar-refractivity contribution in [3.63, 3.8) is 0 Å². The zero-order valence-corrected chi connectivity index (χ0v) is 19.0. The Balaban J connectivity index is 0.00000529. The summed E-state index contributed by atoms with van der Waals surface area (Å²) in [6.07, 6.45) is 2.04. The Hall–Kier alpha value is -0.770. The van der Waals surface area contributed by atoms with Gasteiger partial charge in [0.05, 0.1) is 13.1 Å². The molecule has 0 fully saturated rings. The first-order chi connectivity index (χ1) is 10.8. The summed E-state index contributed by atoms with van der Waals surface area (Å²) in [7, 11) is 4.04. The number of aliphatic imine (C=N–C) groups is 1. The smallest absolute Gasteiger partial charge is 0.222 e. The van der Waals surface area contributed by atoms with Gasteiger partial charge in [-0.1, -0.05) is 13.8 Å². The van der Waals surface area contributed by atoms with Gasteiger partial charge in [-0.25, -0.2) is 0 Å². The number of hydrogen-bond acceptors (Lipinski definition) is 2. The van der Waals surface area contributed by atoms with Crippen molar-refractivity contribution in [3.8, 4) is 0 Å². The van der Waals surface area contributed by atoms with Crippen molar-refractivity contribution in [2.75, 3.05) is 26.7 Å². The van der Waals surface area contributed by atoms with Crippen LogP contribution >= 0.6 is 39.9 Å². The second kappa shape index (κ2) is 11.7. The highest BCUT2D eigenvalue weighted by Crippen LogP contribution is 2.14. The number of nitrogens with one attached hydrogen (secondary N) is 2. The predicted molar refractivity (Wildman–Crippen MR) is 114 cm³/mol. The molecule has 0 atom stereocenters. The van der Waals surface area contributed by atoms with Crippen molar-refractivity contribution in [1.82, 2.24) is 20.1 Å². The molecule has 0 aromatic carbocycles. The average molecular weight is 514 g/mol. The molecule has 0 aliphatic heterocycles. The molecule has 0 unspecified atom stereocenters. The molecule has 0 saturated carbocycles. The first kappa shape index (κ1) is 23.2. The van der Waals surface area contributed by atoms with Crippen molar-refractivity contribution in [2.24, 2.45) is 18.0 Å². The number of rotatable bonds is 7. The van der Waals surface area contributed by atoms with Crippen LogP contribution in [0.5, 0.6) is 0 Å². The van der Waals surface area contributed by atoms with E-state index in [0.717, 1.165) is 23.5 Å². The lowest BCUT2D eigenvalue weighted by Gasteiger charge is -2.22. The molecular formula is C16H29BrIN5O. The van der Waals surface area contributed by atoms with Crippen LogP contribution in [0, 0.1) is 5.92 Å². The van der Waals surface area contributed by atoms with Gasteiger partial charge in [0, 0.05) is 49.5 Å². The highest BCUT2D eigenvalue weighted by molar-refractivity contribution is 14.0. The Morgan fingerprint density at radius 2 is 2.08 bits per heavy atom. The molecule has 1 aromatic rings. The molecule has 24 heavy (non-hydrogen) atoms. The van der Waals surface area contributed by atoms with Crippen LogP contribution in [0.4, 0.5) is 0 Å². The van der Waals surface area contributed by atoms with Crippen LogP contribution in [0.15, 0.2) is 21.7 Å². The van der Waals surface area contributed by atoms with Gasteiger partial charge in [-0.2, -0.15) is 0 Å². The van der Waals surface area contributed by atoms with Crippen LogP contribution in [0.1, 0.15) is 26.5 Å². The SMILES string of the molecule is CCNC(=NCCNC(=O)C(C)C)N(C)Cc1cc(Br)cn1C.I. The fourth-order valence-corrected chi connectivity index (χ4v) is 2.63. The molecule has 0 saturated heterocycles. The maximum absolute atomic E-state index is 11.5. The molecule has 1 rings (SSSR count). The lowest BCUT2D eigenvalue weighted by atomic mass is 10.2. The number of carbonyl (C=O) groups excluding carboxylic acids is 1. The molecule has 1 amide bonds. The Morgan fingerprint density at radius 1 is 1.42 bits per heavy atom. The van der Waals surface area contributed by atoms with Crippen molar-refractivity contribution in [3.05, 3.63) is 22.4 Å². The quantitative estimate of drug-likeness (QED) is 0.255. The lowest BCUT2D eigenvalue weighted by Crippen LogP contribution is -2.39. The Morgan fingerprint density at radius 3 is 2.58 bits per heavy atom. The van der Waals surface area contributed by atoms with Crippen molar-refractivity contribution < 1.29 is 4.79 Å². The van der Waals surface area contributed by atoms with Gasteiger partial charge >= 0.3 is 0 Å². The molecule has 1 heterocycles. The molecule has 6 nitrogen and oxygen atoms in total. The standard InChI is InChI=1S/C16H28BrN5O.HI/c1-6-18-16(20-8-7-19-15(23)12(2)3)22(5)11-14-9-13(17)10-21(14)4;/h9-10,12H,6-8,11H2,1-5H3,(H,18,20)(H,19,23);1H. The first-order valence-electron chi connectivity index (χ1n) is 7.93. The van der Waals surface area contributed by atoms with Crippen LogP contribution in [0.2, 0.25) is 0 Å². The van der Waals surface area contributed by atoms with Gasteiger partial charge in [0.2, 0.25) is 5.91 Å². The molecule has 0 aliphatic carbocycles. The van der Waals surface area contributed by atoms with Gasteiger partial charge in [0.25, 0.3) is 0 Å². The number of hydrogen-bond donors (Lipinski definition) is 2. The summed E-state index contributed by atoms with van der Waals surface area (Å²) in [6.45, 7) is 8.48. The van der Waals surface area contributed by atoms with Gasteiger partial charge in [0.15, 0.2) is 5.96 Å². The topological polar surface area (TPSA) is 61.7 Å². The zero-order chi connectivity index (χ0) is 17.4. The fourth-order valence-electron chi connectivity index (χ4n) is 2.06. The normalized spacial score (nSPS) is 11.2. The summed E-state index contributed by atoms with van der Waals surface area (Å²) in [6, 6.07) is 2.10. The van der Waals surface area contributed by atoms with Crippen molar-refractivity contribution in [1.29, 1.82) is 0 Å². The van der Waals surface area contributed by atoms with E-state index in [9.17, 15) is 4.79 Å². The fraction of sp³-hybridized carbons (Fsp3) is 0.625. The third-order valence-corrected chi connectivity index (χ3v) is 3.80. The van der Waals surface area contributed by atoms with E-state index >= 15 is 0 Å². The van der Waals surface area contributed by atoms with Crippen molar-refractivity contribution in [2.45, 2.75) is 27.3 Å². The number of amides is 1. The summed E-state index contributed by atoms with van der Waals surface area (Å²) in [5.74, 6) is 0.904. The second-order valence-electron chi connectivity index (χ2n) is 5.80. The number of aryl methyl sites for hydroxylation is 1.